The van der Waals surface area contributed by atoms with Crippen molar-refractivity contribution in [2.75, 3.05) is 31.6 Å². The van der Waals surface area contributed by atoms with Crippen LogP contribution in [0, 0.1) is 0 Å². The van der Waals surface area contributed by atoms with E-state index in [4.69, 9.17) is 4.74 Å². The largest absolute Gasteiger partial charge is 0.394 e. The third-order valence-electron chi connectivity index (χ3n) is 4.70. The second-order valence-corrected chi connectivity index (χ2v) is 6.32. The highest BCUT2D eigenvalue weighted by atomic mass is 35.5. The molecule has 2 saturated heterocycles. The van der Waals surface area contributed by atoms with Gasteiger partial charge in [-0.15, -0.1) is 12.4 Å². The van der Waals surface area contributed by atoms with Gasteiger partial charge in [0.05, 0.1) is 18.8 Å². The molecule has 25 heavy (non-hydrogen) atoms. The van der Waals surface area contributed by atoms with Gasteiger partial charge in [0, 0.05) is 12.2 Å². The average molecular weight is 372 g/mol. The van der Waals surface area contributed by atoms with Crippen molar-refractivity contribution >= 4 is 24.1 Å². The Morgan fingerprint density at radius 1 is 1.20 bits per heavy atom. The Hall–Kier alpha value is -1.38. The number of carbonyl (C=O) groups is 1. The van der Waals surface area contributed by atoms with Crippen molar-refractivity contribution in [3.05, 3.63) is 30.3 Å². The van der Waals surface area contributed by atoms with E-state index >= 15 is 0 Å². The van der Waals surface area contributed by atoms with Crippen LogP contribution in [0.1, 0.15) is 12.8 Å². The summed E-state index contributed by atoms with van der Waals surface area (Å²) in [6, 6.07) is 8.69. The SMILES string of the molecule is Cl.O=C(NC[C@H]1O[C@@H](CO)[C@@H](O)[C@H]1N1CCCC1)Nc1ccccc1. The lowest BCUT2D eigenvalue weighted by atomic mass is 10.0. The van der Waals surface area contributed by atoms with Crippen molar-refractivity contribution in [2.24, 2.45) is 0 Å². The van der Waals surface area contributed by atoms with E-state index in [9.17, 15) is 15.0 Å². The summed E-state index contributed by atoms with van der Waals surface area (Å²) in [4.78, 5) is 14.2. The van der Waals surface area contributed by atoms with Crippen molar-refractivity contribution in [1.29, 1.82) is 0 Å². The molecule has 0 aliphatic carbocycles. The first-order chi connectivity index (χ1) is 11.7. The van der Waals surface area contributed by atoms with Crippen molar-refractivity contribution < 1.29 is 19.7 Å². The molecule has 2 fully saturated rings. The molecule has 0 unspecified atom stereocenters. The summed E-state index contributed by atoms with van der Waals surface area (Å²) < 4.78 is 5.76. The lowest BCUT2D eigenvalue weighted by Crippen LogP contribution is -2.50. The van der Waals surface area contributed by atoms with Crippen LogP contribution in [0.4, 0.5) is 10.5 Å². The molecule has 1 aromatic rings. The molecule has 2 aliphatic rings. The number of nitrogens with zero attached hydrogens (tertiary/aromatic N) is 1. The second-order valence-electron chi connectivity index (χ2n) is 6.32. The first-order valence-electron chi connectivity index (χ1n) is 8.47. The first-order valence-corrected chi connectivity index (χ1v) is 8.47. The molecule has 4 atom stereocenters. The van der Waals surface area contributed by atoms with Crippen LogP contribution in [0.15, 0.2) is 30.3 Å². The van der Waals surface area contributed by atoms with Crippen LogP contribution in [0.2, 0.25) is 0 Å². The maximum atomic E-state index is 12.0. The van der Waals surface area contributed by atoms with Crippen molar-refractivity contribution in [1.82, 2.24) is 10.2 Å². The van der Waals surface area contributed by atoms with Gasteiger partial charge in [0.2, 0.25) is 0 Å². The molecule has 2 heterocycles. The molecule has 0 radical (unpaired) electrons. The molecular formula is C17H26ClN3O4. The molecule has 140 valence electrons. The highest BCUT2D eigenvalue weighted by Gasteiger charge is 2.46. The number of anilines is 1. The van der Waals surface area contributed by atoms with E-state index in [0.29, 0.717) is 5.69 Å². The molecule has 2 aliphatic heterocycles. The van der Waals surface area contributed by atoms with Gasteiger partial charge in [0.15, 0.2) is 0 Å². The number of para-hydroxylation sites is 1. The number of urea groups is 1. The van der Waals surface area contributed by atoms with Crippen LogP contribution >= 0.6 is 12.4 Å². The Morgan fingerprint density at radius 3 is 2.52 bits per heavy atom. The van der Waals surface area contributed by atoms with Gasteiger partial charge in [0.25, 0.3) is 0 Å². The minimum Gasteiger partial charge on any atom is -0.394 e. The third kappa shape index (κ3) is 4.83. The summed E-state index contributed by atoms with van der Waals surface area (Å²) in [5.74, 6) is 0. The van der Waals surface area contributed by atoms with Gasteiger partial charge in [-0.2, -0.15) is 0 Å². The normalized spacial score (nSPS) is 29.2. The van der Waals surface area contributed by atoms with E-state index in [-0.39, 0.29) is 43.7 Å². The highest BCUT2D eigenvalue weighted by Crippen LogP contribution is 2.28. The Bertz CT molecular complexity index is 542. The zero-order valence-corrected chi connectivity index (χ0v) is 14.8. The zero-order valence-electron chi connectivity index (χ0n) is 14.0. The number of aliphatic hydroxyl groups excluding tert-OH is 2. The fourth-order valence-electron chi connectivity index (χ4n) is 3.53. The molecule has 0 spiro atoms. The molecule has 2 amide bonds. The maximum Gasteiger partial charge on any atom is 0.319 e. The van der Waals surface area contributed by atoms with Crippen LogP contribution in [0.3, 0.4) is 0 Å². The Labute approximate surface area is 153 Å². The predicted molar refractivity (Wildman–Crippen MR) is 97.1 cm³/mol. The minimum absolute atomic E-state index is 0. The molecule has 8 heteroatoms. The van der Waals surface area contributed by atoms with Crippen LogP contribution in [-0.4, -0.2) is 71.7 Å². The standard InChI is InChI=1S/C17H25N3O4.ClH/c21-11-14-16(22)15(20-8-4-5-9-20)13(24-14)10-18-17(23)19-12-6-2-1-3-7-12;/h1-3,6-7,13-16,21-22H,4-5,8-11H2,(H2,18,19,23);1H/t13-,14+,15+,16-;/m1./s1. The van der Waals surface area contributed by atoms with E-state index in [1.54, 1.807) is 0 Å². The molecule has 0 bridgehead atoms. The van der Waals surface area contributed by atoms with Gasteiger partial charge in [0.1, 0.15) is 12.2 Å². The highest BCUT2D eigenvalue weighted by molar-refractivity contribution is 5.89. The number of nitrogens with one attached hydrogen (secondary N) is 2. The maximum absolute atomic E-state index is 12.0. The van der Waals surface area contributed by atoms with Crippen molar-refractivity contribution in [3.8, 4) is 0 Å². The Morgan fingerprint density at radius 2 is 1.88 bits per heavy atom. The first kappa shape index (κ1) is 19.9. The monoisotopic (exact) mass is 371 g/mol. The average Bonchev–Trinajstić information content (AvgIpc) is 3.21. The fourth-order valence-corrected chi connectivity index (χ4v) is 3.53. The van der Waals surface area contributed by atoms with E-state index < -0.39 is 12.2 Å². The predicted octanol–water partition coefficient (Wildman–Crippen LogP) is 0.815. The molecule has 0 aromatic heterocycles. The van der Waals surface area contributed by atoms with E-state index in [2.05, 4.69) is 15.5 Å². The number of likely N-dealkylation sites (tertiary alicyclic amines) is 1. The molecule has 1 aromatic carbocycles. The Balaban J connectivity index is 0.00000225. The lowest BCUT2D eigenvalue weighted by molar-refractivity contribution is -0.0205. The number of aliphatic hydroxyl groups is 2. The fraction of sp³-hybridized carbons (Fsp3) is 0.588. The van der Waals surface area contributed by atoms with Crippen LogP contribution < -0.4 is 10.6 Å². The van der Waals surface area contributed by atoms with Gasteiger partial charge >= 0.3 is 6.03 Å². The van der Waals surface area contributed by atoms with Gasteiger partial charge in [-0.25, -0.2) is 4.79 Å². The number of amides is 2. The number of benzene rings is 1. The van der Waals surface area contributed by atoms with Crippen molar-refractivity contribution in [2.45, 2.75) is 37.2 Å². The van der Waals surface area contributed by atoms with Gasteiger partial charge in [-0.3, -0.25) is 4.90 Å². The summed E-state index contributed by atoms with van der Waals surface area (Å²) in [5.41, 5.74) is 0.715. The smallest absolute Gasteiger partial charge is 0.319 e. The van der Waals surface area contributed by atoms with E-state index in [1.165, 1.54) is 0 Å². The molecule has 4 N–H and O–H groups in total. The number of hydrogen-bond donors (Lipinski definition) is 4. The summed E-state index contributed by atoms with van der Waals surface area (Å²) in [7, 11) is 0. The summed E-state index contributed by atoms with van der Waals surface area (Å²) in [5, 5.41) is 25.4. The lowest BCUT2D eigenvalue weighted by Gasteiger charge is -2.30. The minimum atomic E-state index is -0.739. The van der Waals surface area contributed by atoms with Gasteiger partial charge < -0.3 is 25.6 Å². The van der Waals surface area contributed by atoms with Gasteiger partial charge in [-0.1, -0.05) is 18.2 Å². The molecule has 7 nitrogen and oxygen atoms in total. The van der Waals surface area contributed by atoms with E-state index in [0.717, 1.165) is 25.9 Å². The number of rotatable bonds is 5. The van der Waals surface area contributed by atoms with Crippen LogP contribution in [0.5, 0.6) is 0 Å². The zero-order chi connectivity index (χ0) is 16.9. The van der Waals surface area contributed by atoms with E-state index in [1.807, 2.05) is 30.3 Å². The quantitative estimate of drug-likeness (QED) is 0.614. The molecular weight excluding hydrogens is 346 g/mol. The molecule has 3 rings (SSSR count). The van der Waals surface area contributed by atoms with Crippen molar-refractivity contribution in [3.63, 3.8) is 0 Å². The number of carbonyl (C=O) groups excluding carboxylic acids is 1. The molecule has 0 saturated carbocycles. The Kier molecular flexibility index (Phi) is 7.46. The van der Waals surface area contributed by atoms with Crippen LogP contribution in [-0.2, 0) is 4.74 Å². The summed E-state index contributed by atoms with van der Waals surface area (Å²) in [6.45, 7) is 1.89. The number of ether oxygens (including phenoxy) is 1. The second kappa shape index (κ2) is 9.35. The topological polar surface area (TPSA) is 94.1 Å². The summed E-state index contributed by atoms with van der Waals surface area (Å²) in [6.07, 6.45) is 0.525. The summed E-state index contributed by atoms with van der Waals surface area (Å²) >= 11 is 0. The van der Waals surface area contributed by atoms with Crippen LogP contribution in [0.25, 0.3) is 0 Å². The van der Waals surface area contributed by atoms with Gasteiger partial charge in [-0.05, 0) is 38.1 Å². The number of hydrogen-bond acceptors (Lipinski definition) is 5. The number of halogens is 1. The third-order valence-corrected chi connectivity index (χ3v) is 4.70.